The van der Waals surface area contributed by atoms with Crippen LogP contribution in [0.15, 0.2) is 207 Å². The lowest BCUT2D eigenvalue weighted by atomic mass is 9.88. The maximum absolute atomic E-state index is 5.12. The molecule has 0 atom stereocenters. The van der Waals surface area contributed by atoms with Gasteiger partial charge in [0.25, 0.3) is 0 Å². The van der Waals surface area contributed by atoms with E-state index in [1.165, 1.54) is 44.1 Å². The first-order chi connectivity index (χ1) is 29.2. The lowest BCUT2D eigenvalue weighted by molar-refractivity contribution is 1.09. The molecule has 0 bridgehead atoms. The number of para-hydroxylation sites is 3. The Bertz CT molecular complexity index is 3290. The van der Waals surface area contributed by atoms with E-state index >= 15 is 0 Å². The van der Waals surface area contributed by atoms with Crippen molar-refractivity contribution in [3.63, 3.8) is 0 Å². The monoisotopic (exact) mass is 755 g/mol. The summed E-state index contributed by atoms with van der Waals surface area (Å²) in [5.41, 5.74) is 16.7. The lowest BCUT2D eigenvalue weighted by Gasteiger charge is -2.16. The number of nitrogens with zero attached hydrogens (tertiary/aromatic N) is 5. The van der Waals surface area contributed by atoms with Crippen LogP contribution in [-0.4, -0.2) is 24.1 Å². The summed E-state index contributed by atoms with van der Waals surface area (Å²) in [5, 5.41) is 2.43. The summed E-state index contributed by atoms with van der Waals surface area (Å²) in [6.45, 7) is 4.44. The molecule has 0 saturated heterocycles. The van der Waals surface area contributed by atoms with Crippen molar-refractivity contribution in [3.05, 3.63) is 218 Å². The number of allylic oxidation sites excluding steroid dienone is 5. The molecule has 0 radical (unpaired) electrons. The van der Waals surface area contributed by atoms with E-state index in [1.54, 1.807) is 12.4 Å². The number of fused-ring (bicyclic) bond motifs is 7. The fourth-order valence-electron chi connectivity index (χ4n) is 8.60. The van der Waals surface area contributed by atoms with Gasteiger partial charge >= 0.3 is 0 Å². The zero-order chi connectivity index (χ0) is 39.3. The van der Waals surface area contributed by atoms with Gasteiger partial charge in [-0.1, -0.05) is 128 Å². The van der Waals surface area contributed by atoms with Gasteiger partial charge in [0.05, 0.1) is 22.1 Å². The van der Waals surface area contributed by atoms with Crippen molar-refractivity contribution in [3.8, 4) is 56.4 Å². The molecule has 11 rings (SSSR count). The van der Waals surface area contributed by atoms with Crippen molar-refractivity contribution >= 4 is 38.4 Å². The summed E-state index contributed by atoms with van der Waals surface area (Å²) in [7, 11) is 0. The lowest BCUT2D eigenvalue weighted by Crippen LogP contribution is -1.99. The van der Waals surface area contributed by atoms with E-state index in [9.17, 15) is 0 Å². The summed E-state index contributed by atoms with van der Waals surface area (Å²) in [6.07, 6.45) is 12.9. The molecule has 0 aliphatic heterocycles. The van der Waals surface area contributed by atoms with E-state index in [4.69, 9.17) is 4.98 Å². The molecule has 0 spiro atoms. The number of hydrogen-bond acceptors (Lipinski definition) is 3. The maximum Gasteiger partial charge on any atom is 0.159 e. The molecule has 5 heteroatoms. The molecule has 3 aromatic heterocycles. The standard InChI is InChI=1S/C54H37N5/c1-36-12-3-2-4-13-37-14-5-6-15-45(37)47-34-40(24-30-44(36)47)41-25-31-51-48(35-41)46-16-7-9-18-50(46)58(51)42-26-28-43(29-27-42)59-52-19-10-8-17-49(52)57-54(59)39-22-20-38(21-23-39)53-55-32-11-33-56-53/h2-12,14-35H,1,13H2/b4-2-,12-3-. The summed E-state index contributed by atoms with van der Waals surface area (Å²) in [4.78, 5) is 14.0. The van der Waals surface area contributed by atoms with E-state index in [1.807, 2.05) is 12.1 Å². The topological polar surface area (TPSA) is 48.5 Å². The van der Waals surface area contributed by atoms with Gasteiger partial charge in [0, 0.05) is 45.7 Å². The smallest absolute Gasteiger partial charge is 0.159 e. The fraction of sp³-hybridized carbons (Fsp3) is 0.0185. The Morgan fingerprint density at radius 1 is 0.475 bits per heavy atom. The molecular formula is C54H37N5. The molecule has 7 aromatic carbocycles. The van der Waals surface area contributed by atoms with E-state index in [2.05, 4.69) is 202 Å². The van der Waals surface area contributed by atoms with Gasteiger partial charge < -0.3 is 4.57 Å². The fourth-order valence-corrected chi connectivity index (χ4v) is 8.60. The Morgan fingerprint density at radius 2 is 1.14 bits per heavy atom. The second-order valence-electron chi connectivity index (χ2n) is 14.9. The van der Waals surface area contributed by atoms with Crippen molar-refractivity contribution < 1.29 is 0 Å². The average Bonchev–Trinajstić information content (AvgIpc) is 3.85. The summed E-state index contributed by atoms with van der Waals surface area (Å²) in [6, 6.07) is 58.5. The van der Waals surface area contributed by atoms with Crippen molar-refractivity contribution in [2.24, 2.45) is 0 Å². The molecule has 1 aliphatic carbocycles. The third-order valence-electron chi connectivity index (χ3n) is 11.5. The van der Waals surface area contributed by atoms with Crippen LogP contribution in [0.5, 0.6) is 0 Å². The highest BCUT2D eigenvalue weighted by Gasteiger charge is 2.18. The predicted octanol–water partition coefficient (Wildman–Crippen LogP) is 13.3. The van der Waals surface area contributed by atoms with Crippen molar-refractivity contribution in [2.75, 3.05) is 0 Å². The second-order valence-corrected chi connectivity index (χ2v) is 14.9. The van der Waals surface area contributed by atoms with Crippen molar-refractivity contribution in [1.82, 2.24) is 24.1 Å². The van der Waals surface area contributed by atoms with E-state index in [0.717, 1.165) is 62.4 Å². The van der Waals surface area contributed by atoms with Crippen LogP contribution in [0.2, 0.25) is 0 Å². The molecule has 0 fully saturated rings. The SMILES string of the molecule is C=C1/C=C\C=C/Cc2ccccc2-c2cc(-c3ccc4c(c3)c3ccccc3n4-c3ccc(-n4c(-c5ccc(-c6ncccn6)cc5)nc5ccccc54)cc3)ccc21. The van der Waals surface area contributed by atoms with Gasteiger partial charge in [-0.15, -0.1) is 0 Å². The molecule has 0 saturated carbocycles. The van der Waals surface area contributed by atoms with Gasteiger partial charge in [-0.25, -0.2) is 15.0 Å². The second kappa shape index (κ2) is 14.2. The number of hydrogen-bond donors (Lipinski definition) is 0. The predicted molar refractivity (Wildman–Crippen MR) is 244 cm³/mol. The zero-order valence-corrected chi connectivity index (χ0v) is 32.2. The third-order valence-corrected chi connectivity index (χ3v) is 11.5. The van der Waals surface area contributed by atoms with Crippen molar-refractivity contribution in [2.45, 2.75) is 6.42 Å². The minimum atomic E-state index is 0.702. The van der Waals surface area contributed by atoms with Gasteiger partial charge in [-0.05, 0) is 112 Å². The Morgan fingerprint density at radius 3 is 1.98 bits per heavy atom. The summed E-state index contributed by atoms with van der Waals surface area (Å²) in [5.74, 6) is 1.58. The molecule has 0 amide bonds. The molecule has 59 heavy (non-hydrogen) atoms. The van der Waals surface area contributed by atoms with Gasteiger partial charge in [-0.3, -0.25) is 4.57 Å². The van der Waals surface area contributed by atoms with Crippen LogP contribution in [-0.2, 0) is 6.42 Å². The van der Waals surface area contributed by atoms with E-state index < -0.39 is 0 Å². The number of aromatic nitrogens is 5. The van der Waals surface area contributed by atoms with Gasteiger partial charge in [-0.2, -0.15) is 0 Å². The molecule has 1 aliphatic rings. The first-order valence-electron chi connectivity index (χ1n) is 19.9. The van der Waals surface area contributed by atoms with Crippen LogP contribution in [0.25, 0.3) is 94.8 Å². The minimum Gasteiger partial charge on any atom is -0.309 e. The molecular weight excluding hydrogens is 719 g/mol. The van der Waals surface area contributed by atoms with Crippen LogP contribution in [0.3, 0.4) is 0 Å². The molecule has 0 N–H and O–H groups in total. The van der Waals surface area contributed by atoms with E-state index in [-0.39, 0.29) is 0 Å². The van der Waals surface area contributed by atoms with Gasteiger partial charge in [0.15, 0.2) is 5.82 Å². The first-order valence-corrected chi connectivity index (χ1v) is 19.9. The van der Waals surface area contributed by atoms with E-state index in [0.29, 0.717) is 5.82 Å². The Balaban J connectivity index is 0.996. The largest absolute Gasteiger partial charge is 0.309 e. The van der Waals surface area contributed by atoms with Crippen LogP contribution in [0.1, 0.15) is 11.1 Å². The summed E-state index contributed by atoms with van der Waals surface area (Å²) < 4.78 is 4.63. The van der Waals surface area contributed by atoms with Crippen LogP contribution in [0, 0.1) is 0 Å². The third kappa shape index (κ3) is 5.99. The molecule has 278 valence electrons. The molecule has 3 heterocycles. The highest BCUT2D eigenvalue weighted by atomic mass is 15.1. The Hall–Kier alpha value is -7.89. The number of benzene rings is 7. The summed E-state index contributed by atoms with van der Waals surface area (Å²) >= 11 is 0. The quantitative estimate of drug-likeness (QED) is 0.176. The highest BCUT2D eigenvalue weighted by Crippen LogP contribution is 2.39. The van der Waals surface area contributed by atoms with Gasteiger partial charge in [0.1, 0.15) is 5.82 Å². The highest BCUT2D eigenvalue weighted by molar-refractivity contribution is 6.10. The zero-order valence-electron chi connectivity index (χ0n) is 32.2. The molecule has 10 aromatic rings. The van der Waals surface area contributed by atoms with Gasteiger partial charge in [0.2, 0.25) is 0 Å². The normalized spacial score (nSPS) is 13.7. The first kappa shape index (κ1) is 34.4. The molecule has 0 unspecified atom stereocenters. The average molecular weight is 756 g/mol. The van der Waals surface area contributed by atoms with Crippen molar-refractivity contribution in [1.29, 1.82) is 0 Å². The maximum atomic E-state index is 5.12. The van der Waals surface area contributed by atoms with Crippen LogP contribution < -0.4 is 0 Å². The minimum absolute atomic E-state index is 0.702. The molecule has 5 nitrogen and oxygen atoms in total. The Kier molecular flexibility index (Phi) is 8.30. The Labute approximate surface area is 342 Å². The van der Waals surface area contributed by atoms with Crippen LogP contribution in [0.4, 0.5) is 0 Å². The van der Waals surface area contributed by atoms with Crippen LogP contribution >= 0.6 is 0 Å². The number of imidazole rings is 1. The number of rotatable bonds is 5.